The van der Waals surface area contributed by atoms with Crippen LogP contribution in [0.5, 0.6) is 0 Å². The molecule has 0 spiro atoms. The highest BCUT2D eigenvalue weighted by Gasteiger charge is 2.53. The van der Waals surface area contributed by atoms with Crippen molar-refractivity contribution in [2.75, 3.05) is 0 Å². The van der Waals surface area contributed by atoms with Gasteiger partial charge in [-0.05, 0) is 0 Å². The number of hydrogen-bond donors (Lipinski definition) is 0. The van der Waals surface area contributed by atoms with Gasteiger partial charge in [0.1, 0.15) is 12.2 Å². The third-order valence-corrected chi connectivity index (χ3v) is 3.39. The molecule has 0 aliphatic heterocycles. The van der Waals surface area contributed by atoms with Gasteiger partial charge in [-0.3, -0.25) is 24.0 Å². The zero-order valence-corrected chi connectivity index (χ0v) is 15.2. The van der Waals surface area contributed by atoms with Crippen LogP contribution in [0.1, 0.15) is 41.0 Å². The van der Waals surface area contributed by atoms with Crippen molar-refractivity contribution in [3.8, 4) is 0 Å². The number of esters is 5. The van der Waals surface area contributed by atoms with Crippen LogP contribution < -0.4 is 0 Å². The molecule has 0 aromatic carbocycles. The highest BCUT2D eigenvalue weighted by atomic mass is 16.6. The van der Waals surface area contributed by atoms with Crippen LogP contribution in [0.25, 0.3) is 0 Å². The second-order valence-corrected chi connectivity index (χ2v) is 5.75. The van der Waals surface area contributed by atoms with E-state index in [4.69, 9.17) is 23.7 Å². The van der Waals surface area contributed by atoms with Crippen molar-refractivity contribution in [2.45, 2.75) is 71.6 Å². The van der Waals surface area contributed by atoms with Gasteiger partial charge >= 0.3 is 29.8 Å². The lowest BCUT2D eigenvalue weighted by atomic mass is 9.86. The van der Waals surface area contributed by atoms with Crippen LogP contribution in [0.3, 0.4) is 0 Å². The Hall–Kier alpha value is -2.65. The minimum Gasteiger partial charge on any atom is -0.458 e. The highest BCUT2D eigenvalue weighted by Crippen LogP contribution is 2.32. The third-order valence-electron chi connectivity index (χ3n) is 3.39. The number of carbonyl (C=O) groups excluding carboxylic acids is 5. The fraction of sp³-hybridized carbons (Fsp3) is 0.688. The summed E-state index contributed by atoms with van der Waals surface area (Å²) < 4.78 is 25.8. The molecule has 10 nitrogen and oxygen atoms in total. The van der Waals surface area contributed by atoms with Crippen molar-refractivity contribution in [3.63, 3.8) is 0 Å². The Morgan fingerprint density at radius 1 is 0.500 bits per heavy atom. The Morgan fingerprint density at radius 3 is 1.04 bits per heavy atom. The quantitative estimate of drug-likeness (QED) is 0.480. The molecule has 0 radical (unpaired) electrons. The van der Waals surface area contributed by atoms with Crippen LogP contribution in [0, 0.1) is 0 Å². The van der Waals surface area contributed by atoms with Gasteiger partial charge in [-0.2, -0.15) is 0 Å². The Kier molecular flexibility index (Phi) is 7.54. The zero-order chi connectivity index (χ0) is 20.0. The fourth-order valence-electron chi connectivity index (χ4n) is 2.76. The molecular formula is C16H22O10. The summed E-state index contributed by atoms with van der Waals surface area (Å²) in [6, 6.07) is 0. The first-order valence-corrected chi connectivity index (χ1v) is 7.87. The van der Waals surface area contributed by atoms with E-state index < -0.39 is 60.4 Å². The van der Waals surface area contributed by atoms with E-state index in [1.807, 2.05) is 0 Å². The Morgan fingerprint density at radius 2 is 0.769 bits per heavy atom. The SMILES string of the molecule is CC(=O)OC1[C@H](OC(C)=O)[C@@H](OC(C)=O)C[C@@H](OC(C)=O)[C@H]1OC(C)=O. The molecule has 5 atom stereocenters. The molecule has 0 heterocycles. The molecule has 0 bridgehead atoms. The zero-order valence-electron chi connectivity index (χ0n) is 15.2. The summed E-state index contributed by atoms with van der Waals surface area (Å²) in [6.07, 6.45) is -6.07. The second kappa shape index (κ2) is 9.16. The maximum atomic E-state index is 11.5. The predicted octanol–water partition coefficient (Wildman–Crippen LogP) is 0.0486. The molecule has 10 heteroatoms. The minimum absolute atomic E-state index is 0.118. The summed E-state index contributed by atoms with van der Waals surface area (Å²) in [5.74, 6) is -3.56. The number of carbonyl (C=O) groups is 5. The summed E-state index contributed by atoms with van der Waals surface area (Å²) in [7, 11) is 0. The molecule has 0 N–H and O–H groups in total. The van der Waals surface area contributed by atoms with Crippen LogP contribution >= 0.6 is 0 Å². The van der Waals surface area contributed by atoms with E-state index in [-0.39, 0.29) is 6.42 Å². The van der Waals surface area contributed by atoms with E-state index in [0.29, 0.717) is 0 Å². The van der Waals surface area contributed by atoms with Gasteiger partial charge < -0.3 is 23.7 Å². The first-order chi connectivity index (χ1) is 12.0. The standard InChI is InChI=1S/C16H22O10/c1-7(17)22-12-6-13(23-8(2)18)15(25-10(4)20)16(26-11(5)21)14(12)24-9(3)19/h12-16H,6H2,1-5H3/t12-,13+,14-,15-,16?/m1/s1. The largest absolute Gasteiger partial charge is 0.458 e. The summed E-state index contributed by atoms with van der Waals surface area (Å²) in [4.78, 5) is 57.2. The summed E-state index contributed by atoms with van der Waals surface area (Å²) in [5, 5.41) is 0. The normalized spacial score (nSPS) is 27.7. The van der Waals surface area contributed by atoms with Gasteiger partial charge in [0, 0.05) is 41.0 Å². The predicted molar refractivity (Wildman–Crippen MR) is 82.4 cm³/mol. The van der Waals surface area contributed by atoms with Gasteiger partial charge in [-0.1, -0.05) is 0 Å². The summed E-state index contributed by atoms with van der Waals surface area (Å²) in [6.45, 7) is 5.63. The van der Waals surface area contributed by atoms with Crippen LogP contribution in [-0.2, 0) is 47.7 Å². The molecule has 0 saturated heterocycles. The Labute approximate surface area is 150 Å². The van der Waals surface area contributed by atoms with Crippen molar-refractivity contribution >= 4 is 29.8 Å². The molecular weight excluding hydrogens is 352 g/mol. The van der Waals surface area contributed by atoms with Crippen molar-refractivity contribution < 1.29 is 47.7 Å². The molecule has 0 aromatic rings. The van der Waals surface area contributed by atoms with Crippen molar-refractivity contribution in [1.82, 2.24) is 0 Å². The second-order valence-electron chi connectivity index (χ2n) is 5.75. The van der Waals surface area contributed by atoms with Crippen LogP contribution in [-0.4, -0.2) is 60.4 Å². The van der Waals surface area contributed by atoms with Crippen molar-refractivity contribution in [1.29, 1.82) is 0 Å². The van der Waals surface area contributed by atoms with E-state index in [0.717, 1.165) is 34.6 Å². The molecule has 0 amide bonds. The number of rotatable bonds is 5. The molecule has 0 aromatic heterocycles. The van der Waals surface area contributed by atoms with E-state index in [2.05, 4.69) is 0 Å². The van der Waals surface area contributed by atoms with Crippen molar-refractivity contribution in [2.24, 2.45) is 0 Å². The average Bonchev–Trinajstić information content (AvgIpc) is 2.44. The van der Waals surface area contributed by atoms with Crippen LogP contribution in [0.4, 0.5) is 0 Å². The lowest BCUT2D eigenvalue weighted by Gasteiger charge is -2.43. The highest BCUT2D eigenvalue weighted by molar-refractivity contribution is 5.70. The molecule has 1 rings (SSSR count). The molecule has 1 saturated carbocycles. The molecule has 1 unspecified atom stereocenters. The van der Waals surface area contributed by atoms with Gasteiger partial charge in [0.2, 0.25) is 0 Å². The molecule has 1 fully saturated rings. The molecule has 1 aliphatic rings. The maximum Gasteiger partial charge on any atom is 0.303 e. The molecule has 146 valence electrons. The molecule has 1 aliphatic carbocycles. The monoisotopic (exact) mass is 374 g/mol. The Bertz CT molecular complexity index is 542. The van der Waals surface area contributed by atoms with Gasteiger partial charge in [-0.15, -0.1) is 0 Å². The lowest BCUT2D eigenvalue weighted by Crippen LogP contribution is -2.61. The summed E-state index contributed by atoms with van der Waals surface area (Å²) >= 11 is 0. The smallest absolute Gasteiger partial charge is 0.303 e. The average molecular weight is 374 g/mol. The maximum absolute atomic E-state index is 11.5. The minimum atomic E-state index is -1.33. The Balaban J connectivity index is 3.32. The van der Waals surface area contributed by atoms with E-state index in [9.17, 15) is 24.0 Å². The van der Waals surface area contributed by atoms with Gasteiger partial charge in [0.15, 0.2) is 18.3 Å². The number of hydrogen-bond acceptors (Lipinski definition) is 10. The third kappa shape index (κ3) is 6.34. The lowest BCUT2D eigenvalue weighted by molar-refractivity contribution is -0.230. The van der Waals surface area contributed by atoms with Gasteiger partial charge in [0.25, 0.3) is 0 Å². The van der Waals surface area contributed by atoms with Crippen LogP contribution in [0.15, 0.2) is 0 Å². The number of ether oxygens (including phenoxy) is 5. The van der Waals surface area contributed by atoms with Crippen LogP contribution in [0.2, 0.25) is 0 Å². The topological polar surface area (TPSA) is 132 Å². The van der Waals surface area contributed by atoms with E-state index in [1.54, 1.807) is 0 Å². The first kappa shape index (κ1) is 21.4. The first-order valence-electron chi connectivity index (χ1n) is 7.87. The summed E-state index contributed by atoms with van der Waals surface area (Å²) in [5.41, 5.74) is 0. The van der Waals surface area contributed by atoms with E-state index in [1.165, 1.54) is 0 Å². The van der Waals surface area contributed by atoms with Gasteiger partial charge in [0.05, 0.1) is 0 Å². The molecule has 26 heavy (non-hydrogen) atoms. The van der Waals surface area contributed by atoms with Gasteiger partial charge in [-0.25, -0.2) is 0 Å². The van der Waals surface area contributed by atoms with Crippen molar-refractivity contribution in [3.05, 3.63) is 0 Å². The van der Waals surface area contributed by atoms with E-state index >= 15 is 0 Å². The fourth-order valence-corrected chi connectivity index (χ4v) is 2.76.